The molecule has 1 saturated carbocycles. The Morgan fingerprint density at radius 1 is 1.25 bits per heavy atom. The Labute approximate surface area is 93.3 Å². The van der Waals surface area contributed by atoms with E-state index in [9.17, 15) is 8.78 Å². The molecule has 0 atom stereocenters. The van der Waals surface area contributed by atoms with Crippen LogP contribution >= 0.6 is 0 Å². The van der Waals surface area contributed by atoms with Gasteiger partial charge >= 0.3 is 0 Å². The standard InChI is InChI=1S/C12H15F2NO/c13-10-4-9(5-11(14)12(10)16)7-15-6-8-2-1-3-8/h4-5,8,15-16H,1-3,6-7H2. The van der Waals surface area contributed by atoms with Crippen LogP contribution in [0.4, 0.5) is 8.78 Å². The fourth-order valence-electron chi connectivity index (χ4n) is 1.84. The summed E-state index contributed by atoms with van der Waals surface area (Å²) in [5, 5.41) is 12.1. The highest BCUT2D eigenvalue weighted by Crippen LogP contribution is 2.25. The van der Waals surface area contributed by atoms with E-state index in [0.29, 0.717) is 18.0 Å². The summed E-state index contributed by atoms with van der Waals surface area (Å²) in [6, 6.07) is 2.32. The van der Waals surface area contributed by atoms with Crippen molar-refractivity contribution in [1.29, 1.82) is 0 Å². The molecule has 1 aliphatic rings. The summed E-state index contributed by atoms with van der Waals surface area (Å²) in [7, 11) is 0. The first-order chi connectivity index (χ1) is 7.66. The first kappa shape index (κ1) is 11.3. The number of phenols is 1. The van der Waals surface area contributed by atoms with E-state index in [2.05, 4.69) is 5.32 Å². The molecule has 16 heavy (non-hydrogen) atoms. The SMILES string of the molecule is Oc1c(F)cc(CNCC2CCC2)cc1F. The van der Waals surface area contributed by atoms with Crippen molar-refractivity contribution in [2.45, 2.75) is 25.8 Å². The highest BCUT2D eigenvalue weighted by atomic mass is 19.1. The lowest BCUT2D eigenvalue weighted by Crippen LogP contribution is -2.26. The van der Waals surface area contributed by atoms with Crippen molar-refractivity contribution in [2.75, 3.05) is 6.54 Å². The van der Waals surface area contributed by atoms with Crippen LogP contribution in [0.1, 0.15) is 24.8 Å². The molecule has 4 heteroatoms. The lowest BCUT2D eigenvalue weighted by molar-refractivity contribution is 0.301. The van der Waals surface area contributed by atoms with E-state index in [1.807, 2.05) is 0 Å². The Kier molecular flexibility index (Phi) is 3.39. The lowest BCUT2D eigenvalue weighted by Gasteiger charge is -2.25. The predicted octanol–water partition coefficient (Wildman–Crippen LogP) is 2.56. The summed E-state index contributed by atoms with van der Waals surface area (Å²) in [5.41, 5.74) is 0.520. The van der Waals surface area contributed by atoms with Gasteiger partial charge in [-0.05, 0) is 43.0 Å². The zero-order chi connectivity index (χ0) is 11.5. The molecule has 0 saturated heterocycles. The molecule has 0 aromatic heterocycles. The van der Waals surface area contributed by atoms with Crippen LogP contribution in [0.2, 0.25) is 0 Å². The first-order valence-electron chi connectivity index (χ1n) is 5.54. The van der Waals surface area contributed by atoms with Crippen molar-refractivity contribution >= 4 is 0 Å². The number of hydrogen-bond donors (Lipinski definition) is 2. The van der Waals surface area contributed by atoms with Crippen LogP contribution < -0.4 is 5.32 Å². The van der Waals surface area contributed by atoms with Crippen LogP contribution in [0.25, 0.3) is 0 Å². The van der Waals surface area contributed by atoms with Crippen LogP contribution in [0.3, 0.4) is 0 Å². The minimum absolute atomic E-state index is 0.435. The van der Waals surface area contributed by atoms with Gasteiger partial charge in [-0.2, -0.15) is 0 Å². The van der Waals surface area contributed by atoms with E-state index >= 15 is 0 Å². The fourth-order valence-corrected chi connectivity index (χ4v) is 1.84. The van der Waals surface area contributed by atoms with Crippen LogP contribution in [-0.4, -0.2) is 11.7 Å². The van der Waals surface area contributed by atoms with Crippen LogP contribution in [0.5, 0.6) is 5.75 Å². The number of rotatable bonds is 4. The number of aromatic hydroxyl groups is 1. The Hall–Kier alpha value is -1.16. The highest BCUT2D eigenvalue weighted by molar-refractivity contribution is 5.29. The molecular weight excluding hydrogens is 212 g/mol. The monoisotopic (exact) mass is 227 g/mol. The molecule has 1 aromatic rings. The van der Waals surface area contributed by atoms with Gasteiger partial charge in [0, 0.05) is 6.54 Å². The number of benzene rings is 1. The maximum absolute atomic E-state index is 13.0. The van der Waals surface area contributed by atoms with Gasteiger partial charge in [0.25, 0.3) is 0 Å². The largest absolute Gasteiger partial charge is 0.503 e. The van der Waals surface area contributed by atoms with Crippen molar-refractivity contribution in [3.8, 4) is 5.75 Å². The van der Waals surface area contributed by atoms with Gasteiger partial charge in [-0.15, -0.1) is 0 Å². The molecule has 2 nitrogen and oxygen atoms in total. The summed E-state index contributed by atoms with van der Waals surface area (Å²) < 4.78 is 26.0. The maximum Gasteiger partial charge on any atom is 0.187 e. The molecule has 1 fully saturated rings. The topological polar surface area (TPSA) is 32.3 Å². The molecule has 2 rings (SSSR count). The average Bonchev–Trinajstić information content (AvgIpc) is 2.18. The molecule has 0 radical (unpaired) electrons. The van der Waals surface area contributed by atoms with E-state index in [0.717, 1.165) is 18.7 Å². The van der Waals surface area contributed by atoms with Gasteiger partial charge in [-0.3, -0.25) is 0 Å². The maximum atomic E-state index is 13.0. The van der Waals surface area contributed by atoms with Crippen LogP contribution in [-0.2, 0) is 6.54 Å². The smallest absolute Gasteiger partial charge is 0.187 e. The fraction of sp³-hybridized carbons (Fsp3) is 0.500. The Morgan fingerprint density at radius 2 is 1.88 bits per heavy atom. The van der Waals surface area contributed by atoms with E-state index < -0.39 is 17.4 Å². The van der Waals surface area contributed by atoms with Gasteiger partial charge in [0.15, 0.2) is 17.4 Å². The van der Waals surface area contributed by atoms with E-state index in [1.165, 1.54) is 19.3 Å². The number of hydrogen-bond acceptors (Lipinski definition) is 2. The summed E-state index contributed by atoms with van der Waals surface area (Å²) in [4.78, 5) is 0. The zero-order valence-corrected chi connectivity index (χ0v) is 8.97. The third kappa shape index (κ3) is 2.50. The van der Waals surface area contributed by atoms with Crippen molar-refractivity contribution in [1.82, 2.24) is 5.32 Å². The minimum Gasteiger partial charge on any atom is -0.503 e. The summed E-state index contributed by atoms with van der Waals surface area (Å²) in [6.07, 6.45) is 3.77. The normalized spacial score (nSPS) is 16.1. The molecule has 0 aliphatic heterocycles. The quantitative estimate of drug-likeness (QED) is 0.828. The van der Waals surface area contributed by atoms with Crippen LogP contribution in [0.15, 0.2) is 12.1 Å². The highest BCUT2D eigenvalue weighted by Gasteiger charge is 2.16. The molecule has 2 N–H and O–H groups in total. The lowest BCUT2D eigenvalue weighted by atomic mass is 9.85. The number of halogens is 2. The van der Waals surface area contributed by atoms with Gasteiger partial charge < -0.3 is 10.4 Å². The third-order valence-electron chi connectivity index (χ3n) is 3.06. The number of nitrogens with one attached hydrogen (secondary N) is 1. The second-order valence-corrected chi connectivity index (χ2v) is 4.34. The molecule has 88 valence electrons. The summed E-state index contributed by atoms with van der Waals surface area (Å²) >= 11 is 0. The van der Waals surface area contributed by atoms with Crippen molar-refractivity contribution in [3.63, 3.8) is 0 Å². The van der Waals surface area contributed by atoms with Crippen molar-refractivity contribution < 1.29 is 13.9 Å². The molecule has 1 aromatic carbocycles. The van der Waals surface area contributed by atoms with Crippen molar-refractivity contribution in [3.05, 3.63) is 29.3 Å². The van der Waals surface area contributed by atoms with Gasteiger partial charge in [0.2, 0.25) is 0 Å². The molecule has 1 aliphatic carbocycles. The van der Waals surface area contributed by atoms with Crippen LogP contribution in [0, 0.1) is 17.6 Å². The van der Waals surface area contributed by atoms with E-state index in [-0.39, 0.29) is 0 Å². The molecule has 0 unspecified atom stereocenters. The third-order valence-corrected chi connectivity index (χ3v) is 3.06. The van der Waals surface area contributed by atoms with Gasteiger partial charge in [-0.25, -0.2) is 8.78 Å². The Morgan fingerprint density at radius 3 is 2.38 bits per heavy atom. The molecule has 0 spiro atoms. The molecule has 0 heterocycles. The molecular formula is C12H15F2NO. The summed E-state index contributed by atoms with van der Waals surface area (Å²) in [5.74, 6) is -1.99. The zero-order valence-electron chi connectivity index (χ0n) is 8.97. The predicted molar refractivity (Wildman–Crippen MR) is 57.1 cm³/mol. The molecule has 0 bridgehead atoms. The summed E-state index contributed by atoms with van der Waals surface area (Å²) in [6.45, 7) is 1.33. The van der Waals surface area contributed by atoms with E-state index in [1.54, 1.807) is 0 Å². The second-order valence-electron chi connectivity index (χ2n) is 4.34. The Bertz CT molecular complexity index is 354. The Balaban J connectivity index is 1.88. The first-order valence-corrected chi connectivity index (χ1v) is 5.54. The minimum atomic E-state index is -0.902. The average molecular weight is 227 g/mol. The van der Waals surface area contributed by atoms with Gasteiger partial charge in [0.05, 0.1) is 0 Å². The van der Waals surface area contributed by atoms with Gasteiger partial charge in [0.1, 0.15) is 0 Å². The molecule has 0 amide bonds. The van der Waals surface area contributed by atoms with Crippen molar-refractivity contribution in [2.24, 2.45) is 5.92 Å². The van der Waals surface area contributed by atoms with Gasteiger partial charge in [-0.1, -0.05) is 6.42 Å². The number of phenolic OH excluding ortho intramolecular Hbond substituents is 1. The van der Waals surface area contributed by atoms with E-state index in [4.69, 9.17) is 5.11 Å². The second kappa shape index (κ2) is 4.78.